The first-order valence-corrected chi connectivity index (χ1v) is 8.55. The fraction of sp³-hybridized carbons (Fsp3) is 0.158. The maximum Gasteiger partial charge on any atom is 0.358 e. The minimum Gasteiger partial charge on any atom is -0.313 e. The van der Waals surface area contributed by atoms with Gasteiger partial charge in [0.15, 0.2) is 0 Å². The average molecular weight is 323 g/mol. The van der Waals surface area contributed by atoms with Gasteiger partial charge < -0.3 is 4.84 Å². The molecule has 0 N–H and O–H groups in total. The number of hydrogen-bond acceptors (Lipinski definition) is 4. The van der Waals surface area contributed by atoms with Crippen LogP contribution in [0.3, 0.4) is 0 Å². The molecule has 1 aliphatic heterocycles. The molecule has 0 fully saturated rings. The number of carbonyl (C=O) groups is 1. The highest BCUT2D eigenvalue weighted by molar-refractivity contribution is 7.99. The smallest absolute Gasteiger partial charge is 0.313 e. The number of nitrogens with zero attached hydrogens (tertiary/aromatic N) is 1. The Morgan fingerprint density at radius 2 is 1.87 bits per heavy atom. The summed E-state index contributed by atoms with van der Waals surface area (Å²) < 4.78 is 0. The van der Waals surface area contributed by atoms with E-state index in [2.05, 4.69) is 11.2 Å². The van der Waals surface area contributed by atoms with Crippen LogP contribution in [0, 0.1) is 0 Å². The van der Waals surface area contributed by atoms with Crippen molar-refractivity contribution in [1.29, 1.82) is 0 Å². The number of hydrogen-bond donors (Lipinski definition) is 0. The van der Waals surface area contributed by atoms with Crippen molar-refractivity contribution in [2.24, 2.45) is 5.16 Å². The van der Waals surface area contributed by atoms with Crippen LogP contribution in [0.25, 0.3) is 6.08 Å². The molecule has 0 spiro atoms. The molecule has 0 saturated heterocycles. The summed E-state index contributed by atoms with van der Waals surface area (Å²) in [6.45, 7) is 0. The highest BCUT2D eigenvalue weighted by Crippen LogP contribution is 2.29. The van der Waals surface area contributed by atoms with Crippen molar-refractivity contribution >= 4 is 29.5 Å². The Bertz CT molecular complexity index is 738. The molecule has 0 unspecified atom stereocenters. The highest BCUT2D eigenvalue weighted by atomic mass is 32.2. The molecular weight excluding hydrogens is 306 g/mol. The number of rotatable bonds is 3. The van der Waals surface area contributed by atoms with Gasteiger partial charge in [0.1, 0.15) is 0 Å². The first-order chi connectivity index (χ1) is 11.3. The van der Waals surface area contributed by atoms with Crippen molar-refractivity contribution in [2.45, 2.75) is 17.7 Å². The third kappa shape index (κ3) is 4.33. The molecule has 0 saturated carbocycles. The zero-order valence-electron chi connectivity index (χ0n) is 12.6. The fourth-order valence-electron chi connectivity index (χ4n) is 2.34. The summed E-state index contributed by atoms with van der Waals surface area (Å²) in [6.07, 6.45) is 4.96. The van der Waals surface area contributed by atoms with Gasteiger partial charge in [-0.1, -0.05) is 53.7 Å². The van der Waals surface area contributed by atoms with Gasteiger partial charge in [0, 0.05) is 16.5 Å². The van der Waals surface area contributed by atoms with Gasteiger partial charge in [0.2, 0.25) is 0 Å². The lowest BCUT2D eigenvalue weighted by atomic mass is 10.1. The van der Waals surface area contributed by atoms with Crippen LogP contribution in [0.4, 0.5) is 0 Å². The van der Waals surface area contributed by atoms with Gasteiger partial charge in [-0.15, -0.1) is 11.8 Å². The lowest BCUT2D eigenvalue weighted by Gasteiger charge is -2.05. The molecule has 3 nitrogen and oxygen atoms in total. The van der Waals surface area contributed by atoms with E-state index in [1.54, 1.807) is 6.08 Å². The van der Waals surface area contributed by atoms with E-state index in [9.17, 15) is 4.79 Å². The third-order valence-electron chi connectivity index (χ3n) is 3.47. The number of benzene rings is 2. The molecule has 0 atom stereocenters. The lowest BCUT2D eigenvalue weighted by Crippen LogP contribution is -2.04. The standard InChI is InChI=1S/C19H17NO2S/c21-19(13-12-15-7-2-1-3-8-15)22-20-17-10-6-14-23-18-11-5-4-9-16(17)18/h1-5,7-9,11-13H,6,10,14H2. The molecule has 2 aromatic carbocycles. The molecule has 0 bridgehead atoms. The van der Waals surface area contributed by atoms with E-state index in [0.29, 0.717) is 0 Å². The summed E-state index contributed by atoms with van der Waals surface area (Å²) in [5.74, 6) is 0.591. The second kappa shape index (κ2) is 7.79. The second-order valence-electron chi connectivity index (χ2n) is 5.14. The normalized spacial score (nSPS) is 16.1. The minimum absolute atomic E-state index is 0.462. The molecule has 0 aliphatic carbocycles. The Balaban J connectivity index is 1.70. The van der Waals surface area contributed by atoms with Crippen LogP contribution >= 0.6 is 11.8 Å². The third-order valence-corrected chi connectivity index (χ3v) is 4.63. The van der Waals surface area contributed by atoms with Crippen LogP contribution in [0.2, 0.25) is 0 Å². The van der Waals surface area contributed by atoms with E-state index in [1.165, 1.54) is 11.0 Å². The van der Waals surface area contributed by atoms with E-state index < -0.39 is 5.97 Å². The number of carbonyl (C=O) groups excluding carboxylic acids is 1. The molecule has 3 rings (SSSR count). The summed E-state index contributed by atoms with van der Waals surface area (Å²) in [4.78, 5) is 18.1. The molecule has 0 aromatic heterocycles. The van der Waals surface area contributed by atoms with E-state index in [4.69, 9.17) is 4.84 Å². The molecule has 2 aromatic rings. The van der Waals surface area contributed by atoms with Gasteiger partial charge in [-0.3, -0.25) is 0 Å². The first-order valence-electron chi connectivity index (χ1n) is 7.56. The van der Waals surface area contributed by atoms with Gasteiger partial charge in [-0.2, -0.15) is 0 Å². The van der Waals surface area contributed by atoms with Crippen molar-refractivity contribution in [2.75, 3.05) is 5.75 Å². The average Bonchev–Trinajstić information content (AvgIpc) is 2.81. The van der Waals surface area contributed by atoms with Crippen LogP contribution in [-0.2, 0) is 9.63 Å². The van der Waals surface area contributed by atoms with Crippen molar-refractivity contribution in [3.05, 3.63) is 71.8 Å². The lowest BCUT2D eigenvalue weighted by molar-refractivity contribution is -0.137. The largest absolute Gasteiger partial charge is 0.358 e. The van der Waals surface area contributed by atoms with E-state index in [1.807, 2.05) is 60.3 Å². The Hall–Kier alpha value is -2.33. The van der Waals surface area contributed by atoms with Crippen molar-refractivity contribution in [1.82, 2.24) is 0 Å². The summed E-state index contributed by atoms with van der Waals surface area (Å²) in [5.41, 5.74) is 2.86. The number of fused-ring (bicyclic) bond motifs is 1. The molecule has 4 heteroatoms. The Kier molecular flexibility index (Phi) is 5.27. The molecule has 1 heterocycles. The van der Waals surface area contributed by atoms with Crippen LogP contribution in [0.1, 0.15) is 24.0 Å². The zero-order valence-corrected chi connectivity index (χ0v) is 13.5. The molecular formula is C19H17NO2S. The summed E-state index contributed by atoms with van der Waals surface area (Å²) in [7, 11) is 0. The van der Waals surface area contributed by atoms with E-state index >= 15 is 0 Å². The molecule has 116 valence electrons. The Morgan fingerprint density at radius 1 is 1.09 bits per heavy atom. The predicted octanol–water partition coefficient (Wildman–Crippen LogP) is 4.53. The Morgan fingerprint density at radius 3 is 2.74 bits per heavy atom. The SMILES string of the molecule is O=C(C=Cc1ccccc1)ON=C1CCCSc2ccccc21. The molecule has 0 radical (unpaired) electrons. The first kappa shape index (κ1) is 15.6. The zero-order chi connectivity index (χ0) is 15.9. The van der Waals surface area contributed by atoms with E-state index in [0.717, 1.165) is 35.4 Å². The Labute approximate surface area is 140 Å². The quantitative estimate of drug-likeness (QED) is 0.473. The van der Waals surface area contributed by atoms with Crippen molar-refractivity contribution in [3.8, 4) is 0 Å². The molecule has 1 aliphatic rings. The summed E-state index contributed by atoms with van der Waals surface area (Å²) >= 11 is 1.82. The van der Waals surface area contributed by atoms with Crippen LogP contribution < -0.4 is 0 Å². The highest BCUT2D eigenvalue weighted by Gasteiger charge is 2.14. The summed E-state index contributed by atoms with van der Waals surface area (Å²) in [5, 5.41) is 4.10. The molecule has 23 heavy (non-hydrogen) atoms. The summed E-state index contributed by atoms with van der Waals surface area (Å²) in [6, 6.07) is 17.7. The number of thioether (sulfide) groups is 1. The van der Waals surface area contributed by atoms with Crippen LogP contribution in [0.15, 0.2) is 70.7 Å². The molecule has 0 amide bonds. The maximum atomic E-state index is 11.8. The van der Waals surface area contributed by atoms with Crippen molar-refractivity contribution in [3.63, 3.8) is 0 Å². The maximum absolute atomic E-state index is 11.8. The van der Waals surface area contributed by atoms with Gasteiger partial charge in [-0.25, -0.2) is 4.79 Å². The van der Waals surface area contributed by atoms with Crippen LogP contribution in [0.5, 0.6) is 0 Å². The second-order valence-corrected chi connectivity index (χ2v) is 6.28. The minimum atomic E-state index is -0.462. The number of oxime groups is 1. The van der Waals surface area contributed by atoms with Crippen LogP contribution in [-0.4, -0.2) is 17.4 Å². The monoisotopic (exact) mass is 323 g/mol. The van der Waals surface area contributed by atoms with Gasteiger partial charge in [0.25, 0.3) is 0 Å². The van der Waals surface area contributed by atoms with Gasteiger partial charge >= 0.3 is 5.97 Å². The van der Waals surface area contributed by atoms with E-state index in [-0.39, 0.29) is 0 Å². The van der Waals surface area contributed by atoms with Crippen molar-refractivity contribution < 1.29 is 9.63 Å². The fourth-order valence-corrected chi connectivity index (χ4v) is 3.37. The topological polar surface area (TPSA) is 38.7 Å². The van der Waals surface area contributed by atoms with Gasteiger partial charge in [0.05, 0.1) is 5.71 Å². The van der Waals surface area contributed by atoms with Gasteiger partial charge in [-0.05, 0) is 36.3 Å². The predicted molar refractivity (Wildman–Crippen MR) is 94.5 cm³/mol.